The number of hydrogen-bond donors (Lipinski definition) is 0. The number of benzene rings is 2. The number of hydrogen-bond acceptors (Lipinski definition) is 8. The van der Waals surface area contributed by atoms with Crippen LogP contribution in [0.2, 0.25) is 0 Å². The highest BCUT2D eigenvalue weighted by Crippen LogP contribution is 2.27. The molecular weight excluding hydrogens is 404 g/mol. The molecule has 0 amide bonds. The Kier molecular flexibility index (Phi) is 5.89. The molecule has 2 aromatic carbocycles. The molecule has 0 aliphatic heterocycles. The van der Waals surface area contributed by atoms with Gasteiger partial charge in [-0.25, -0.2) is 4.68 Å². The maximum absolute atomic E-state index is 12.9. The summed E-state index contributed by atoms with van der Waals surface area (Å²) < 4.78 is 11.8. The highest BCUT2D eigenvalue weighted by molar-refractivity contribution is 7.99. The van der Waals surface area contributed by atoms with E-state index in [1.165, 1.54) is 23.6 Å². The first kappa shape index (κ1) is 19.8. The summed E-state index contributed by atoms with van der Waals surface area (Å²) in [6.07, 6.45) is 0.238. The SMILES string of the molecule is COC(=O)CCSc1nnc(-c2nn(Cc3ccccc3)c(=O)c3ccccc23)o1. The zero-order chi connectivity index (χ0) is 20.9. The van der Waals surface area contributed by atoms with Crippen LogP contribution in [0.1, 0.15) is 12.0 Å². The van der Waals surface area contributed by atoms with E-state index in [1.807, 2.05) is 42.5 Å². The average Bonchev–Trinajstić information content (AvgIpc) is 3.25. The second-order valence-corrected chi connectivity index (χ2v) is 7.44. The third kappa shape index (κ3) is 4.25. The van der Waals surface area contributed by atoms with Gasteiger partial charge in [-0.2, -0.15) is 5.10 Å². The summed E-state index contributed by atoms with van der Waals surface area (Å²) in [4.78, 5) is 24.2. The van der Waals surface area contributed by atoms with E-state index in [4.69, 9.17) is 4.42 Å². The van der Waals surface area contributed by atoms with Crippen molar-refractivity contribution in [2.45, 2.75) is 18.2 Å². The second kappa shape index (κ2) is 8.91. The molecular formula is C21H18N4O4S. The van der Waals surface area contributed by atoms with Gasteiger partial charge in [0.1, 0.15) is 0 Å². The average molecular weight is 422 g/mol. The Morgan fingerprint density at radius 3 is 2.57 bits per heavy atom. The largest absolute Gasteiger partial charge is 0.469 e. The van der Waals surface area contributed by atoms with Crippen LogP contribution in [0.25, 0.3) is 22.4 Å². The van der Waals surface area contributed by atoms with Gasteiger partial charge in [-0.1, -0.05) is 60.3 Å². The molecule has 0 saturated heterocycles. The topological polar surface area (TPSA) is 100 Å². The van der Waals surface area contributed by atoms with Crippen LogP contribution in [0, 0.1) is 0 Å². The van der Waals surface area contributed by atoms with Crippen molar-refractivity contribution in [3.63, 3.8) is 0 Å². The lowest BCUT2D eigenvalue weighted by atomic mass is 10.1. The summed E-state index contributed by atoms with van der Waals surface area (Å²) in [6.45, 7) is 0.326. The predicted molar refractivity (Wildman–Crippen MR) is 112 cm³/mol. The molecule has 0 unspecified atom stereocenters. The van der Waals surface area contributed by atoms with Gasteiger partial charge in [-0.3, -0.25) is 9.59 Å². The van der Waals surface area contributed by atoms with Gasteiger partial charge >= 0.3 is 5.97 Å². The van der Waals surface area contributed by atoms with Gasteiger partial charge in [0.25, 0.3) is 16.7 Å². The number of ether oxygens (including phenoxy) is 1. The Bertz CT molecular complexity index is 1240. The van der Waals surface area contributed by atoms with E-state index in [2.05, 4.69) is 20.0 Å². The zero-order valence-corrected chi connectivity index (χ0v) is 17.0. The van der Waals surface area contributed by atoms with Crippen LogP contribution in [-0.4, -0.2) is 38.8 Å². The van der Waals surface area contributed by atoms with E-state index in [0.717, 1.165) is 5.56 Å². The van der Waals surface area contributed by atoms with E-state index < -0.39 is 0 Å². The molecule has 0 radical (unpaired) electrons. The first-order valence-electron chi connectivity index (χ1n) is 9.23. The predicted octanol–water partition coefficient (Wildman–Crippen LogP) is 3.15. The lowest BCUT2D eigenvalue weighted by Gasteiger charge is -2.09. The molecule has 0 saturated carbocycles. The van der Waals surface area contributed by atoms with E-state index in [0.29, 0.717) is 34.0 Å². The lowest BCUT2D eigenvalue weighted by molar-refractivity contribution is -0.140. The van der Waals surface area contributed by atoms with E-state index >= 15 is 0 Å². The summed E-state index contributed by atoms with van der Waals surface area (Å²) in [5.41, 5.74) is 1.21. The molecule has 2 aromatic heterocycles. The number of carbonyl (C=O) groups is 1. The first-order valence-corrected chi connectivity index (χ1v) is 10.2. The van der Waals surface area contributed by atoms with Gasteiger partial charge in [0, 0.05) is 11.1 Å². The molecule has 2 heterocycles. The number of rotatable bonds is 7. The van der Waals surface area contributed by atoms with Gasteiger partial charge in [-0.15, -0.1) is 10.2 Å². The van der Waals surface area contributed by atoms with Crippen LogP contribution in [-0.2, 0) is 16.1 Å². The normalized spacial score (nSPS) is 11.0. The fourth-order valence-corrected chi connectivity index (χ4v) is 3.62. The number of aromatic nitrogens is 4. The van der Waals surface area contributed by atoms with Crippen LogP contribution < -0.4 is 5.56 Å². The Labute approximate surface area is 175 Å². The molecule has 0 fully saturated rings. The number of nitrogens with zero attached hydrogens (tertiary/aromatic N) is 4. The van der Waals surface area contributed by atoms with Crippen LogP contribution >= 0.6 is 11.8 Å². The molecule has 9 heteroatoms. The monoisotopic (exact) mass is 422 g/mol. The van der Waals surface area contributed by atoms with Crippen molar-refractivity contribution in [3.8, 4) is 11.6 Å². The Hall–Kier alpha value is -3.46. The quantitative estimate of drug-likeness (QED) is 0.331. The molecule has 8 nitrogen and oxygen atoms in total. The van der Waals surface area contributed by atoms with Crippen molar-refractivity contribution in [1.82, 2.24) is 20.0 Å². The van der Waals surface area contributed by atoms with Crippen molar-refractivity contribution < 1.29 is 13.9 Å². The molecule has 4 rings (SSSR count). The van der Waals surface area contributed by atoms with E-state index in [-0.39, 0.29) is 23.8 Å². The number of thioether (sulfide) groups is 1. The minimum atomic E-state index is -0.303. The summed E-state index contributed by atoms with van der Waals surface area (Å²) in [5, 5.41) is 14.1. The summed E-state index contributed by atoms with van der Waals surface area (Å²) in [5.74, 6) is 0.368. The minimum absolute atomic E-state index is 0.189. The van der Waals surface area contributed by atoms with E-state index in [1.54, 1.807) is 12.1 Å². The van der Waals surface area contributed by atoms with Gasteiger partial charge in [-0.05, 0) is 11.6 Å². The summed E-state index contributed by atoms with van der Waals surface area (Å²) >= 11 is 1.26. The van der Waals surface area contributed by atoms with Crippen molar-refractivity contribution in [2.75, 3.05) is 12.9 Å². The van der Waals surface area contributed by atoms with Crippen molar-refractivity contribution >= 4 is 28.5 Å². The number of carbonyl (C=O) groups excluding carboxylic acids is 1. The van der Waals surface area contributed by atoms with Gasteiger partial charge in [0.05, 0.1) is 25.5 Å². The minimum Gasteiger partial charge on any atom is -0.469 e. The van der Waals surface area contributed by atoms with Gasteiger partial charge in [0.15, 0.2) is 5.69 Å². The van der Waals surface area contributed by atoms with Crippen LogP contribution in [0.5, 0.6) is 0 Å². The maximum atomic E-state index is 12.9. The molecule has 0 aliphatic carbocycles. The standard InChI is InChI=1S/C21H18N4O4S/c1-28-17(26)11-12-30-21-23-22-19(29-21)18-15-9-5-6-10-16(15)20(27)25(24-18)13-14-7-3-2-4-8-14/h2-10H,11-13H2,1H3. The smallest absolute Gasteiger partial charge is 0.306 e. The Balaban J connectivity index is 1.69. The van der Waals surface area contributed by atoms with Crippen molar-refractivity contribution in [1.29, 1.82) is 0 Å². The lowest BCUT2D eigenvalue weighted by Crippen LogP contribution is -2.24. The van der Waals surface area contributed by atoms with Crippen LogP contribution in [0.4, 0.5) is 0 Å². The van der Waals surface area contributed by atoms with Crippen molar-refractivity contribution in [2.24, 2.45) is 0 Å². The number of methoxy groups -OCH3 is 1. The third-order valence-corrected chi connectivity index (χ3v) is 5.23. The van der Waals surface area contributed by atoms with E-state index in [9.17, 15) is 9.59 Å². The molecule has 4 aromatic rings. The highest BCUT2D eigenvalue weighted by Gasteiger charge is 2.18. The highest BCUT2D eigenvalue weighted by atomic mass is 32.2. The van der Waals surface area contributed by atoms with Crippen LogP contribution in [0.15, 0.2) is 69.0 Å². The molecule has 0 aliphatic rings. The fraction of sp³-hybridized carbons (Fsp3) is 0.190. The fourth-order valence-electron chi connectivity index (χ4n) is 2.94. The van der Waals surface area contributed by atoms with Gasteiger partial charge < -0.3 is 9.15 Å². The molecule has 152 valence electrons. The second-order valence-electron chi connectivity index (χ2n) is 6.39. The Morgan fingerprint density at radius 1 is 1.07 bits per heavy atom. The number of fused-ring (bicyclic) bond motifs is 1. The zero-order valence-electron chi connectivity index (χ0n) is 16.1. The first-order chi connectivity index (χ1) is 14.7. The molecule has 0 N–H and O–H groups in total. The molecule has 0 bridgehead atoms. The molecule has 0 spiro atoms. The molecule has 30 heavy (non-hydrogen) atoms. The molecule has 0 atom stereocenters. The van der Waals surface area contributed by atoms with Crippen LogP contribution in [0.3, 0.4) is 0 Å². The summed E-state index contributed by atoms with van der Waals surface area (Å²) in [6, 6.07) is 16.8. The Morgan fingerprint density at radius 2 is 1.80 bits per heavy atom. The maximum Gasteiger partial charge on any atom is 0.306 e. The number of esters is 1. The van der Waals surface area contributed by atoms with Gasteiger partial charge in [0.2, 0.25) is 0 Å². The van der Waals surface area contributed by atoms with Crippen molar-refractivity contribution in [3.05, 3.63) is 70.5 Å². The third-order valence-electron chi connectivity index (χ3n) is 4.41. The summed E-state index contributed by atoms with van der Waals surface area (Å²) in [7, 11) is 1.35.